The van der Waals surface area contributed by atoms with E-state index in [1.807, 2.05) is 30.3 Å². The van der Waals surface area contributed by atoms with Crippen LogP contribution in [0.3, 0.4) is 0 Å². The molecule has 1 aromatic heterocycles. The summed E-state index contributed by atoms with van der Waals surface area (Å²) in [7, 11) is -6.33. The Labute approximate surface area is 357 Å². The van der Waals surface area contributed by atoms with Crippen LogP contribution in [0.2, 0.25) is 0 Å². The van der Waals surface area contributed by atoms with Gasteiger partial charge in [0.15, 0.2) is 5.03 Å². The highest BCUT2D eigenvalue weighted by atomic mass is 32.2. The fraction of sp³-hybridized carbons (Fsp3) is 0.239. The van der Waals surface area contributed by atoms with Crippen LogP contribution >= 0.6 is 0 Å². The third-order valence-electron chi connectivity index (χ3n) is 8.55. The number of imidazole rings is 1. The second-order valence-electron chi connectivity index (χ2n) is 15.9. The first-order chi connectivity index (χ1) is 28.6. The van der Waals surface area contributed by atoms with E-state index in [0.717, 1.165) is 15.9 Å². The second-order valence-corrected chi connectivity index (χ2v) is 19.6. The van der Waals surface area contributed by atoms with Gasteiger partial charge in [-0.25, -0.2) is 27.4 Å². The van der Waals surface area contributed by atoms with E-state index in [1.165, 1.54) is 33.5 Å². The summed E-state index contributed by atoms with van der Waals surface area (Å²) in [6.45, 7) is 10.6. The third kappa shape index (κ3) is 12.4. The smallest absolute Gasteiger partial charge is 0.338 e. The molecule has 0 N–H and O–H groups in total. The maximum atomic E-state index is 15.1. The molecule has 0 amide bonds. The minimum absolute atomic E-state index is 0.00827. The van der Waals surface area contributed by atoms with Gasteiger partial charge in [-0.05, 0) is 107 Å². The maximum Gasteiger partial charge on any atom is 0.338 e. The Balaban J connectivity index is 0.000000231. The number of halogens is 1. The number of nitrogens with zero attached hydrogens (tertiary/aromatic N) is 4. The predicted molar refractivity (Wildman–Crippen MR) is 232 cm³/mol. The van der Waals surface area contributed by atoms with Crippen molar-refractivity contribution >= 4 is 43.4 Å². The monoisotopic (exact) mass is 868 g/mol. The van der Waals surface area contributed by atoms with Crippen molar-refractivity contribution in [1.29, 1.82) is 0 Å². The molecule has 0 radical (unpaired) electrons. The molecule has 12 nitrogen and oxygen atoms in total. The van der Waals surface area contributed by atoms with Crippen LogP contribution in [0.25, 0.3) is 0 Å². The van der Waals surface area contributed by atoms with Crippen molar-refractivity contribution in [2.75, 3.05) is 8.61 Å². The molecule has 0 saturated carbocycles. The Bertz CT molecular complexity index is 2650. The van der Waals surface area contributed by atoms with E-state index in [0.29, 0.717) is 16.8 Å². The summed E-state index contributed by atoms with van der Waals surface area (Å²) in [5.74, 6) is -2.01. The third-order valence-corrected chi connectivity index (χ3v) is 12.0. The van der Waals surface area contributed by atoms with E-state index in [2.05, 4.69) is 4.98 Å². The summed E-state index contributed by atoms with van der Waals surface area (Å²) in [6, 6.07) is 36.5. The molecule has 0 aliphatic carbocycles. The summed E-state index contributed by atoms with van der Waals surface area (Å²) in [5.41, 5.74) is 0.804. The fourth-order valence-electron chi connectivity index (χ4n) is 5.74. The lowest BCUT2D eigenvalue weighted by molar-refractivity contribution is 0.00568. The van der Waals surface area contributed by atoms with Gasteiger partial charge in [-0.2, -0.15) is 8.42 Å². The van der Waals surface area contributed by atoms with Gasteiger partial charge in [-0.1, -0.05) is 78.9 Å². The van der Waals surface area contributed by atoms with Gasteiger partial charge in [0.05, 0.1) is 46.8 Å². The number of anilines is 2. The van der Waals surface area contributed by atoms with Crippen molar-refractivity contribution in [1.82, 2.24) is 9.55 Å². The lowest BCUT2D eigenvalue weighted by Crippen LogP contribution is -2.32. The summed E-state index contributed by atoms with van der Waals surface area (Å²) in [5, 5.41) is -0.207. The van der Waals surface area contributed by atoms with E-state index < -0.39 is 49.0 Å². The average Bonchev–Trinajstić information content (AvgIpc) is 3.66. The first kappa shape index (κ1) is 45.8. The molecule has 5 aromatic carbocycles. The van der Waals surface area contributed by atoms with Gasteiger partial charge in [-0.15, -0.1) is 0 Å². The molecule has 0 aliphatic rings. The van der Waals surface area contributed by atoms with Gasteiger partial charge in [0.25, 0.3) is 20.0 Å². The van der Waals surface area contributed by atoms with Crippen molar-refractivity contribution in [2.24, 2.45) is 7.05 Å². The first-order valence-electron chi connectivity index (χ1n) is 19.2. The van der Waals surface area contributed by atoms with Crippen LogP contribution in [0.15, 0.2) is 156 Å². The van der Waals surface area contributed by atoms with E-state index >= 15 is 4.39 Å². The number of rotatable bonds is 12. The summed E-state index contributed by atoms with van der Waals surface area (Å²) in [6.07, 6.45) is 2.70. The van der Waals surface area contributed by atoms with Gasteiger partial charge < -0.3 is 14.0 Å². The Morgan fingerprint density at radius 3 is 1.54 bits per heavy atom. The van der Waals surface area contributed by atoms with Crippen LogP contribution in [0.1, 0.15) is 73.4 Å². The summed E-state index contributed by atoms with van der Waals surface area (Å²) < 4.78 is 82.9. The SMILES string of the molecule is CC(C)(C)OC(=O)c1ccc(N(Cc2ccccc2)S(=O)(=O)c2ccccc2)cc1.Cn1cnc(S(=O)(=O)N(Cc2ccccc2)c2ccc(C(=O)OC(C)(C)C)cc2F)c1. The van der Waals surface area contributed by atoms with Crippen molar-refractivity contribution < 1.29 is 40.3 Å². The summed E-state index contributed by atoms with van der Waals surface area (Å²) in [4.78, 5) is 28.7. The molecule has 0 atom stereocenters. The Kier molecular flexibility index (Phi) is 14.2. The minimum atomic E-state index is -4.17. The summed E-state index contributed by atoms with van der Waals surface area (Å²) >= 11 is 0. The standard InChI is InChI=1S/C24H25NO4S.C22H24FN3O4S/c1-24(2,3)29-23(26)20-14-16-21(17-15-20)25(18-19-10-6-4-7-11-19)30(27,28)22-12-8-5-9-13-22;1-22(2,3)30-21(27)17-10-11-19(18(23)12-17)26(13-16-8-6-5-7-9-16)31(28,29)20-14-25(4)15-24-20/h4-17H,18H2,1-3H3;5-12,14-15H,13H2,1-4H3. The van der Waals surface area contributed by atoms with E-state index in [1.54, 1.807) is 134 Å². The lowest BCUT2D eigenvalue weighted by Gasteiger charge is -2.25. The highest BCUT2D eigenvalue weighted by Crippen LogP contribution is 2.30. The van der Waals surface area contributed by atoms with Crippen LogP contribution in [-0.2, 0) is 49.7 Å². The first-order valence-corrected chi connectivity index (χ1v) is 22.0. The zero-order valence-electron chi connectivity index (χ0n) is 35.0. The lowest BCUT2D eigenvalue weighted by atomic mass is 10.1. The van der Waals surface area contributed by atoms with E-state index in [-0.39, 0.29) is 34.3 Å². The predicted octanol–water partition coefficient (Wildman–Crippen LogP) is 8.95. The number of aromatic nitrogens is 2. The van der Waals surface area contributed by atoms with Crippen molar-refractivity contribution in [3.63, 3.8) is 0 Å². The number of hydrogen-bond donors (Lipinski definition) is 0. The highest BCUT2D eigenvalue weighted by Gasteiger charge is 2.31. The molecule has 6 aromatic rings. The molecule has 0 spiro atoms. The maximum absolute atomic E-state index is 15.1. The van der Waals surface area contributed by atoms with E-state index in [4.69, 9.17) is 9.47 Å². The molecule has 0 saturated heterocycles. The van der Waals surface area contributed by atoms with Crippen LogP contribution in [0.4, 0.5) is 15.8 Å². The number of esters is 2. The molecule has 0 bridgehead atoms. The Morgan fingerprint density at radius 1 is 0.623 bits per heavy atom. The zero-order chi connectivity index (χ0) is 44.6. The molecule has 0 fully saturated rings. The number of ether oxygens (including phenoxy) is 2. The van der Waals surface area contributed by atoms with Gasteiger partial charge >= 0.3 is 11.9 Å². The molecule has 320 valence electrons. The molecular formula is C46H49FN4O8S2. The second kappa shape index (κ2) is 18.9. The van der Waals surface area contributed by atoms with Gasteiger partial charge in [0.1, 0.15) is 17.0 Å². The fourth-order valence-corrected chi connectivity index (χ4v) is 8.65. The van der Waals surface area contributed by atoms with Crippen molar-refractivity contribution in [2.45, 2.75) is 75.8 Å². The molecule has 0 unspecified atom stereocenters. The van der Waals surface area contributed by atoms with Crippen LogP contribution in [0.5, 0.6) is 0 Å². The average molecular weight is 869 g/mol. The van der Waals surface area contributed by atoms with Crippen molar-refractivity contribution in [3.8, 4) is 0 Å². The molecular weight excluding hydrogens is 820 g/mol. The van der Waals surface area contributed by atoms with Crippen LogP contribution < -0.4 is 8.61 Å². The van der Waals surface area contributed by atoms with E-state index in [9.17, 15) is 26.4 Å². The van der Waals surface area contributed by atoms with Crippen molar-refractivity contribution in [3.05, 3.63) is 174 Å². The van der Waals surface area contributed by atoms with Gasteiger partial charge in [-0.3, -0.25) is 8.61 Å². The topological polar surface area (TPSA) is 145 Å². The number of benzene rings is 5. The number of carbonyl (C=O) groups is 2. The number of hydrogen-bond acceptors (Lipinski definition) is 9. The van der Waals surface area contributed by atoms with Gasteiger partial charge in [0.2, 0.25) is 0 Å². The zero-order valence-corrected chi connectivity index (χ0v) is 36.7. The quantitative estimate of drug-likeness (QED) is 0.110. The molecule has 0 aliphatic heterocycles. The van der Waals surface area contributed by atoms with Crippen LogP contribution in [0, 0.1) is 5.82 Å². The molecule has 15 heteroatoms. The molecule has 6 rings (SSSR count). The Hall–Kier alpha value is -6.32. The van der Waals surface area contributed by atoms with Gasteiger partial charge in [0, 0.05) is 13.2 Å². The Morgan fingerprint density at radius 2 is 1.08 bits per heavy atom. The van der Waals surface area contributed by atoms with Crippen LogP contribution in [-0.4, -0.2) is 49.5 Å². The number of carbonyl (C=O) groups excluding carboxylic acids is 2. The number of aryl methyl sites for hydroxylation is 1. The minimum Gasteiger partial charge on any atom is -0.456 e. The normalized spacial score (nSPS) is 11.8. The molecule has 61 heavy (non-hydrogen) atoms. The number of sulfonamides is 2. The highest BCUT2D eigenvalue weighted by molar-refractivity contribution is 7.93. The largest absolute Gasteiger partial charge is 0.456 e. The molecule has 1 heterocycles.